The third-order valence-electron chi connectivity index (χ3n) is 3.73. The van der Waals surface area contributed by atoms with Crippen LogP contribution >= 0.6 is 0 Å². The molecule has 0 aromatic heterocycles. The summed E-state index contributed by atoms with van der Waals surface area (Å²) in [7, 11) is 1.42. The average molecular weight is 407 g/mol. The molecule has 1 aliphatic heterocycles. The number of rotatable bonds is 9. The van der Waals surface area contributed by atoms with E-state index in [0.29, 0.717) is 13.0 Å². The van der Waals surface area contributed by atoms with E-state index in [1.807, 2.05) is 0 Å². The Morgan fingerprint density at radius 2 is 1.81 bits per heavy atom. The molecule has 1 saturated heterocycles. The number of nitrogens with one attached hydrogen (secondary N) is 3. The minimum absolute atomic E-state index is 0.241. The van der Waals surface area contributed by atoms with Gasteiger partial charge in [-0.3, -0.25) is 14.4 Å². The lowest BCUT2D eigenvalue weighted by Crippen LogP contribution is -2.49. The molecule has 13 heteroatoms. The predicted octanol–water partition coefficient (Wildman–Crippen LogP) is 0.296. The van der Waals surface area contributed by atoms with Crippen LogP contribution in [-0.4, -0.2) is 68.8 Å². The first-order chi connectivity index (χ1) is 12.4. The average Bonchev–Trinajstić information content (AvgIpc) is 2.89. The number of likely N-dealkylation sites (N-methyl/N-ethyl adjacent to an activating group) is 1. The van der Waals surface area contributed by atoms with Crippen molar-refractivity contribution in [2.24, 2.45) is 5.92 Å². The normalized spacial score (nSPS) is 19.1. The molecule has 0 saturated carbocycles. The maximum Gasteiger partial charge on any atom is 0.423 e. The van der Waals surface area contributed by atoms with Gasteiger partial charge in [-0.2, -0.15) is 26.3 Å². The molecular formula is C14H19F6N3O4. The molecule has 0 aromatic carbocycles. The fourth-order valence-corrected chi connectivity index (χ4v) is 2.47. The van der Waals surface area contributed by atoms with E-state index in [-0.39, 0.29) is 13.0 Å². The van der Waals surface area contributed by atoms with E-state index in [2.05, 4.69) is 20.7 Å². The van der Waals surface area contributed by atoms with Gasteiger partial charge in [0.05, 0.1) is 12.6 Å². The number of carbonyl (C=O) groups excluding carboxylic acids is 3. The van der Waals surface area contributed by atoms with Crippen LogP contribution in [0, 0.1) is 5.92 Å². The first-order valence-electron chi connectivity index (χ1n) is 7.85. The van der Waals surface area contributed by atoms with E-state index in [9.17, 15) is 40.7 Å². The van der Waals surface area contributed by atoms with Gasteiger partial charge in [0, 0.05) is 12.5 Å². The van der Waals surface area contributed by atoms with Crippen molar-refractivity contribution in [3.05, 3.63) is 0 Å². The van der Waals surface area contributed by atoms with Gasteiger partial charge in [0.2, 0.25) is 17.9 Å². The zero-order valence-corrected chi connectivity index (χ0v) is 14.2. The summed E-state index contributed by atoms with van der Waals surface area (Å²) < 4.78 is 78.6. The quantitative estimate of drug-likeness (QED) is 0.478. The number of Topliss-reactive ketones (excluding diaryl/α,β-unsaturated/α-hetero) is 1. The van der Waals surface area contributed by atoms with Crippen molar-refractivity contribution in [1.82, 2.24) is 16.0 Å². The van der Waals surface area contributed by atoms with Crippen molar-refractivity contribution in [1.29, 1.82) is 0 Å². The number of amides is 2. The number of halogens is 6. The molecule has 3 N–H and O–H groups in total. The fraction of sp³-hybridized carbons (Fsp3) is 0.786. The zero-order valence-electron chi connectivity index (χ0n) is 14.2. The highest BCUT2D eigenvalue weighted by Crippen LogP contribution is 2.35. The van der Waals surface area contributed by atoms with Crippen molar-refractivity contribution in [2.45, 2.75) is 37.3 Å². The molecular weight excluding hydrogens is 388 g/mol. The van der Waals surface area contributed by atoms with Gasteiger partial charge in [0.25, 0.3) is 0 Å². The van der Waals surface area contributed by atoms with E-state index in [1.165, 1.54) is 7.05 Å². The SMILES string of the molecule is CNCC(=O)NC(CC1CCNC1=O)C(=O)COC(C(F)(F)F)C(F)(F)F. The largest absolute Gasteiger partial charge is 0.423 e. The van der Waals surface area contributed by atoms with E-state index < -0.39 is 54.6 Å². The summed E-state index contributed by atoms with van der Waals surface area (Å²) in [5.41, 5.74) is 0. The monoisotopic (exact) mass is 407 g/mol. The van der Waals surface area contributed by atoms with Gasteiger partial charge in [0.1, 0.15) is 6.61 Å². The van der Waals surface area contributed by atoms with Gasteiger partial charge < -0.3 is 20.7 Å². The lowest BCUT2D eigenvalue weighted by molar-refractivity contribution is -0.319. The van der Waals surface area contributed by atoms with Crippen LogP contribution < -0.4 is 16.0 Å². The van der Waals surface area contributed by atoms with Crippen LogP contribution in [0.4, 0.5) is 26.3 Å². The third-order valence-corrected chi connectivity index (χ3v) is 3.73. The van der Waals surface area contributed by atoms with Crippen LogP contribution in [0.25, 0.3) is 0 Å². The van der Waals surface area contributed by atoms with Crippen LogP contribution in [0.5, 0.6) is 0 Å². The zero-order chi connectivity index (χ0) is 20.8. The molecule has 0 bridgehead atoms. The number of alkyl halides is 6. The summed E-state index contributed by atoms with van der Waals surface area (Å²) in [5.74, 6) is -3.02. The Morgan fingerprint density at radius 3 is 2.26 bits per heavy atom. The second kappa shape index (κ2) is 9.35. The topological polar surface area (TPSA) is 96.5 Å². The van der Waals surface area contributed by atoms with Gasteiger partial charge in [-0.15, -0.1) is 0 Å². The highest BCUT2D eigenvalue weighted by Gasteiger charge is 2.58. The summed E-state index contributed by atoms with van der Waals surface area (Å²) in [6, 6.07) is -1.46. The maximum absolute atomic E-state index is 12.5. The van der Waals surface area contributed by atoms with E-state index in [1.54, 1.807) is 0 Å². The second-order valence-electron chi connectivity index (χ2n) is 5.90. The molecule has 1 aliphatic rings. The maximum atomic E-state index is 12.5. The molecule has 0 spiro atoms. The Hall–Kier alpha value is -1.89. The summed E-state index contributed by atoms with van der Waals surface area (Å²) in [6.45, 7) is -1.45. The fourth-order valence-electron chi connectivity index (χ4n) is 2.47. The number of hydrogen-bond donors (Lipinski definition) is 3. The highest BCUT2D eigenvalue weighted by atomic mass is 19.4. The number of hydrogen-bond acceptors (Lipinski definition) is 5. The van der Waals surface area contributed by atoms with Gasteiger partial charge in [-0.1, -0.05) is 0 Å². The Morgan fingerprint density at radius 1 is 1.22 bits per heavy atom. The Balaban J connectivity index is 2.82. The van der Waals surface area contributed by atoms with Crippen molar-refractivity contribution in [2.75, 3.05) is 26.7 Å². The molecule has 1 heterocycles. The van der Waals surface area contributed by atoms with Crippen molar-refractivity contribution in [3.8, 4) is 0 Å². The smallest absolute Gasteiger partial charge is 0.356 e. The first kappa shape index (κ1) is 23.1. The van der Waals surface area contributed by atoms with Crippen LogP contribution in [0.3, 0.4) is 0 Å². The lowest BCUT2D eigenvalue weighted by atomic mass is 9.96. The summed E-state index contributed by atoms with van der Waals surface area (Å²) >= 11 is 0. The number of carbonyl (C=O) groups is 3. The molecule has 2 atom stereocenters. The van der Waals surface area contributed by atoms with Gasteiger partial charge in [-0.05, 0) is 19.9 Å². The van der Waals surface area contributed by atoms with Gasteiger partial charge in [-0.25, -0.2) is 0 Å². The summed E-state index contributed by atoms with van der Waals surface area (Å²) in [4.78, 5) is 35.3. The minimum atomic E-state index is -5.76. The van der Waals surface area contributed by atoms with E-state index in [0.717, 1.165) is 0 Å². The molecule has 1 rings (SSSR count). The van der Waals surface area contributed by atoms with Crippen LogP contribution in [0.15, 0.2) is 0 Å². The van der Waals surface area contributed by atoms with Crippen LogP contribution in [0.2, 0.25) is 0 Å². The lowest BCUT2D eigenvalue weighted by Gasteiger charge is -2.25. The van der Waals surface area contributed by atoms with Gasteiger partial charge in [0.15, 0.2) is 5.78 Å². The predicted molar refractivity (Wildman–Crippen MR) is 78.4 cm³/mol. The molecule has 0 radical (unpaired) electrons. The molecule has 27 heavy (non-hydrogen) atoms. The standard InChI is InChI=1S/C14H19F6N3O4/c1-21-5-10(25)23-8(4-7-2-3-22-11(7)26)9(24)6-27-12(13(15,16)17)14(18,19)20/h7-8,12,21H,2-6H2,1H3,(H,22,26)(H,23,25). The van der Waals surface area contributed by atoms with Crippen molar-refractivity contribution in [3.63, 3.8) is 0 Å². The molecule has 156 valence electrons. The molecule has 7 nitrogen and oxygen atoms in total. The van der Waals surface area contributed by atoms with Crippen molar-refractivity contribution < 1.29 is 45.5 Å². The molecule has 2 amide bonds. The molecule has 1 fully saturated rings. The Bertz CT molecular complexity index is 538. The Labute approximate surface area is 150 Å². The van der Waals surface area contributed by atoms with Crippen molar-refractivity contribution >= 4 is 17.6 Å². The van der Waals surface area contributed by atoms with E-state index in [4.69, 9.17) is 0 Å². The third kappa shape index (κ3) is 7.33. The van der Waals surface area contributed by atoms with Crippen LogP contribution in [-0.2, 0) is 19.1 Å². The molecule has 0 aliphatic carbocycles. The van der Waals surface area contributed by atoms with Crippen LogP contribution in [0.1, 0.15) is 12.8 Å². The Kier molecular flexibility index (Phi) is 8.02. The first-order valence-corrected chi connectivity index (χ1v) is 7.85. The van der Waals surface area contributed by atoms with Gasteiger partial charge >= 0.3 is 12.4 Å². The second-order valence-corrected chi connectivity index (χ2v) is 5.90. The number of ether oxygens (including phenoxy) is 1. The molecule has 2 unspecified atom stereocenters. The minimum Gasteiger partial charge on any atom is -0.356 e. The highest BCUT2D eigenvalue weighted by molar-refractivity contribution is 5.91. The van der Waals surface area contributed by atoms with E-state index >= 15 is 0 Å². The summed E-state index contributed by atoms with van der Waals surface area (Å²) in [6.07, 6.45) is -15.6. The summed E-state index contributed by atoms with van der Waals surface area (Å²) in [5, 5.41) is 7.14. The number of ketones is 1. The molecule has 0 aromatic rings.